The summed E-state index contributed by atoms with van der Waals surface area (Å²) in [5.74, 6) is 0.941. The first-order valence-electron chi connectivity index (χ1n) is 6.85. The fraction of sp³-hybridized carbons (Fsp3) is 0.929. The second-order valence-corrected chi connectivity index (χ2v) is 6.46. The van der Waals surface area contributed by atoms with Crippen LogP contribution in [0.15, 0.2) is 0 Å². The van der Waals surface area contributed by atoms with Crippen molar-refractivity contribution in [1.29, 1.82) is 0 Å². The van der Waals surface area contributed by atoms with Crippen molar-refractivity contribution >= 4 is 5.91 Å². The monoisotopic (exact) mass is 240 g/mol. The van der Waals surface area contributed by atoms with E-state index in [2.05, 4.69) is 20.8 Å². The quantitative estimate of drug-likeness (QED) is 0.804. The molecule has 100 valence electrons. The number of hydrogen-bond acceptors (Lipinski definition) is 2. The maximum absolute atomic E-state index is 12.1. The van der Waals surface area contributed by atoms with Crippen molar-refractivity contribution in [1.82, 2.24) is 4.90 Å². The lowest BCUT2D eigenvalue weighted by Crippen LogP contribution is -2.38. The van der Waals surface area contributed by atoms with Gasteiger partial charge in [-0.2, -0.15) is 0 Å². The van der Waals surface area contributed by atoms with E-state index in [0.29, 0.717) is 12.0 Å². The molecular weight excluding hydrogens is 212 g/mol. The van der Waals surface area contributed by atoms with E-state index in [4.69, 9.17) is 5.73 Å². The fourth-order valence-corrected chi connectivity index (χ4v) is 2.60. The Morgan fingerprint density at radius 2 is 2.00 bits per heavy atom. The molecule has 17 heavy (non-hydrogen) atoms. The van der Waals surface area contributed by atoms with Crippen molar-refractivity contribution in [2.75, 3.05) is 19.6 Å². The maximum Gasteiger partial charge on any atom is 0.226 e. The van der Waals surface area contributed by atoms with Crippen LogP contribution in [-0.4, -0.2) is 30.4 Å². The number of carbonyl (C=O) groups excluding carboxylic acids is 1. The number of nitrogens with zero attached hydrogens (tertiary/aromatic N) is 1. The van der Waals surface area contributed by atoms with Gasteiger partial charge in [0.05, 0.1) is 0 Å². The number of likely N-dealkylation sites (tertiary alicyclic amines) is 1. The lowest BCUT2D eigenvalue weighted by molar-refractivity contribution is -0.134. The van der Waals surface area contributed by atoms with E-state index >= 15 is 0 Å². The molecule has 2 N–H and O–H groups in total. The van der Waals surface area contributed by atoms with Gasteiger partial charge in [-0.05, 0) is 30.6 Å². The highest BCUT2D eigenvalue weighted by molar-refractivity contribution is 5.78. The zero-order chi connectivity index (χ0) is 13.1. The molecule has 0 saturated carbocycles. The summed E-state index contributed by atoms with van der Waals surface area (Å²) in [6.07, 6.45) is 3.50. The average molecular weight is 240 g/mol. The smallest absolute Gasteiger partial charge is 0.226 e. The van der Waals surface area contributed by atoms with Crippen LogP contribution >= 0.6 is 0 Å². The molecule has 2 atom stereocenters. The van der Waals surface area contributed by atoms with Crippen LogP contribution in [0.2, 0.25) is 0 Å². The molecule has 1 fully saturated rings. The van der Waals surface area contributed by atoms with Gasteiger partial charge in [0.15, 0.2) is 0 Å². The van der Waals surface area contributed by atoms with Gasteiger partial charge < -0.3 is 10.6 Å². The van der Waals surface area contributed by atoms with Crippen LogP contribution in [0.5, 0.6) is 0 Å². The summed E-state index contributed by atoms with van der Waals surface area (Å²) >= 11 is 0. The summed E-state index contributed by atoms with van der Waals surface area (Å²) in [6.45, 7) is 11.1. The molecule has 1 heterocycles. The van der Waals surface area contributed by atoms with Gasteiger partial charge >= 0.3 is 0 Å². The van der Waals surface area contributed by atoms with Gasteiger partial charge in [-0.3, -0.25) is 4.79 Å². The Balaban J connectivity index is 2.56. The fourth-order valence-electron chi connectivity index (χ4n) is 2.60. The van der Waals surface area contributed by atoms with Gasteiger partial charge in [0, 0.05) is 25.6 Å². The molecule has 0 bridgehead atoms. The minimum absolute atomic E-state index is 0.0267. The maximum atomic E-state index is 12.1. The Morgan fingerprint density at radius 3 is 2.53 bits per heavy atom. The third kappa shape index (κ3) is 3.98. The van der Waals surface area contributed by atoms with E-state index in [1.54, 1.807) is 0 Å². The third-order valence-electron chi connectivity index (χ3n) is 4.04. The standard InChI is InChI=1S/C14H28N2O/c1-11(10-15)13(17)16-8-5-6-12(7-9-16)14(2,3)4/h11-12H,5-10,15H2,1-4H3. The molecule has 1 rings (SSSR count). The molecule has 1 saturated heterocycles. The highest BCUT2D eigenvalue weighted by Crippen LogP contribution is 2.34. The summed E-state index contributed by atoms with van der Waals surface area (Å²) in [5, 5.41) is 0. The van der Waals surface area contributed by atoms with Crippen molar-refractivity contribution in [3.8, 4) is 0 Å². The van der Waals surface area contributed by atoms with Crippen molar-refractivity contribution in [3.63, 3.8) is 0 Å². The minimum Gasteiger partial charge on any atom is -0.342 e. The Morgan fingerprint density at radius 1 is 1.35 bits per heavy atom. The molecular formula is C14H28N2O. The first-order valence-corrected chi connectivity index (χ1v) is 6.85. The van der Waals surface area contributed by atoms with Crippen LogP contribution in [0.4, 0.5) is 0 Å². The normalized spacial score (nSPS) is 24.3. The molecule has 2 unspecified atom stereocenters. The third-order valence-corrected chi connectivity index (χ3v) is 4.04. The molecule has 3 heteroatoms. The predicted molar refractivity (Wildman–Crippen MR) is 71.6 cm³/mol. The predicted octanol–water partition coefficient (Wildman–Crippen LogP) is 2.26. The van der Waals surface area contributed by atoms with Crippen LogP contribution in [-0.2, 0) is 4.79 Å². The number of amides is 1. The number of hydrogen-bond donors (Lipinski definition) is 1. The van der Waals surface area contributed by atoms with Gasteiger partial charge in [0.2, 0.25) is 5.91 Å². The van der Waals surface area contributed by atoms with Crippen LogP contribution in [0, 0.1) is 17.3 Å². The average Bonchev–Trinajstić information content (AvgIpc) is 2.51. The molecule has 0 radical (unpaired) electrons. The molecule has 0 aromatic heterocycles. The van der Waals surface area contributed by atoms with Crippen LogP contribution in [0.3, 0.4) is 0 Å². The summed E-state index contributed by atoms with van der Waals surface area (Å²) < 4.78 is 0. The zero-order valence-corrected chi connectivity index (χ0v) is 11.8. The highest BCUT2D eigenvalue weighted by atomic mass is 16.2. The number of rotatable bonds is 2. The molecule has 0 aromatic rings. The molecule has 0 spiro atoms. The first-order chi connectivity index (χ1) is 7.86. The van der Waals surface area contributed by atoms with Crippen molar-refractivity contribution < 1.29 is 4.79 Å². The summed E-state index contributed by atoms with van der Waals surface area (Å²) in [4.78, 5) is 14.1. The van der Waals surface area contributed by atoms with E-state index in [9.17, 15) is 4.79 Å². The SMILES string of the molecule is CC(CN)C(=O)N1CCCC(C(C)(C)C)CC1. The second-order valence-electron chi connectivity index (χ2n) is 6.46. The zero-order valence-electron chi connectivity index (χ0n) is 11.8. The van der Waals surface area contributed by atoms with Gasteiger partial charge in [-0.25, -0.2) is 0 Å². The second kappa shape index (κ2) is 5.85. The van der Waals surface area contributed by atoms with Crippen molar-refractivity contribution in [2.45, 2.75) is 47.0 Å². The summed E-state index contributed by atoms with van der Waals surface area (Å²) in [6, 6.07) is 0. The number of carbonyl (C=O) groups is 1. The molecule has 0 aromatic carbocycles. The Labute approximate surface area is 106 Å². The molecule has 1 aliphatic rings. The van der Waals surface area contributed by atoms with Crippen LogP contribution in [0.25, 0.3) is 0 Å². The topological polar surface area (TPSA) is 46.3 Å². The Bertz CT molecular complexity index is 257. The number of nitrogens with two attached hydrogens (primary N) is 1. The lowest BCUT2D eigenvalue weighted by Gasteiger charge is -2.30. The highest BCUT2D eigenvalue weighted by Gasteiger charge is 2.29. The molecule has 1 amide bonds. The van der Waals surface area contributed by atoms with Crippen molar-refractivity contribution in [2.24, 2.45) is 23.0 Å². The first kappa shape index (κ1) is 14.5. The Hall–Kier alpha value is -0.570. The molecule has 0 aliphatic carbocycles. The minimum atomic E-state index is -0.0267. The van der Waals surface area contributed by atoms with E-state index in [-0.39, 0.29) is 11.8 Å². The van der Waals surface area contributed by atoms with E-state index in [1.807, 2.05) is 11.8 Å². The van der Waals surface area contributed by atoms with Gasteiger partial charge in [-0.15, -0.1) is 0 Å². The lowest BCUT2D eigenvalue weighted by atomic mass is 9.77. The van der Waals surface area contributed by atoms with Gasteiger partial charge in [0.1, 0.15) is 0 Å². The summed E-state index contributed by atoms with van der Waals surface area (Å²) in [7, 11) is 0. The molecule has 3 nitrogen and oxygen atoms in total. The van der Waals surface area contributed by atoms with Crippen LogP contribution < -0.4 is 5.73 Å². The van der Waals surface area contributed by atoms with Gasteiger partial charge in [-0.1, -0.05) is 27.7 Å². The van der Waals surface area contributed by atoms with Crippen LogP contribution in [0.1, 0.15) is 47.0 Å². The largest absolute Gasteiger partial charge is 0.342 e. The van der Waals surface area contributed by atoms with Gasteiger partial charge in [0.25, 0.3) is 0 Å². The summed E-state index contributed by atoms with van der Waals surface area (Å²) in [5.41, 5.74) is 5.93. The molecule has 1 aliphatic heterocycles. The Kier molecular flexibility index (Phi) is 4.99. The van der Waals surface area contributed by atoms with E-state index in [0.717, 1.165) is 31.8 Å². The van der Waals surface area contributed by atoms with Crippen molar-refractivity contribution in [3.05, 3.63) is 0 Å². The van der Waals surface area contributed by atoms with E-state index in [1.165, 1.54) is 6.42 Å². The van der Waals surface area contributed by atoms with E-state index < -0.39 is 0 Å².